The van der Waals surface area contributed by atoms with Crippen LogP contribution in [0.5, 0.6) is 5.75 Å². The Kier molecular flexibility index (Phi) is 5.56. The van der Waals surface area contributed by atoms with Gasteiger partial charge in [0.15, 0.2) is 6.61 Å². The SMILES string of the molecule is CC(=O)Nc1cc(-c2sc(C)nc2C2CCCC2)ccc1OCC(N)=O. The molecule has 1 saturated carbocycles. The first kappa shape index (κ1) is 18.4. The number of hydrogen-bond acceptors (Lipinski definition) is 5. The van der Waals surface area contributed by atoms with Crippen LogP contribution in [0, 0.1) is 6.92 Å². The van der Waals surface area contributed by atoms with Crippen molar-refractivity contribution in [2.24, 2.45) is 5.73 Å². The molecule has 26 heavy (non-hydrogen) atoms. The molecule has 138 valence electrons. The van der Waals surface area contributed by atoms with E-state index >= 15 is 0 Å². The Hall–Kier alpha value is -2.41. The van der Waals surface area contributed by atoms with E-state index in [1.54, 1.807) is 17.4 Å². The quantitative estimate of drug-likeness (QED) is 0.809. The van der Waals surface area contributed by atoms with E-state index in [1.165, 1.54) is 32.6 Å². The zero-order valence-electron chi connectivity index (χ0n) is 15.0. The van der Waals surface area contributed by atoms with Gasteiger partial charge in [-0.1, -0.05) is 12.8 Å². The molecule has 1 aromatic carbocycles. The molecule has 7 heteroatoms. The van der Waals surface area contributed by atoms with E-state index in [9.17, 15) is 9.59 Å². The van der Waals surface area contributed by atoms with Crippen LogP contribution in [0.25, 0.3) is 10.4 Å². The maximum Gasteiger partial charge on any atom is 0.255 e. The number of thiazole rings is 1. The van der Waals surface area contributed by atoms with Gasteiger partial charge in [0.05, 0.1) is 21.3 Å². The number of nitrogens with zero attached hydrogens (tertiary/aromatic N) is 1. The van der Waals surface area contributed by atoms with Crippen LogP contribution in [-0.4, -0.2) is 23.4 Å². The summed E-state index contributed by atoms with van der Waals surface area (Å²) >= 11 is 1.67. The van der Waals surface area contributed by atoms with E-state index in [2.05, 4.69) is 5.32 Å². The van der Waals surface area contributed by atoms with Crippen molar-refractivity contribution in [1.29, 1.82) is 0 Å². The van der Waals surface area contributed by atoms with Crippen LogP contribution in [0.4, 0.5) is 5.69 Å². The van der Waals surface area contributed by atoms with Crippen LogP contribution in [-0.2, 0) is 9.59 Å². The summed E-state index contributed by atoms with van der Waals surface area (Å²) in [5.41, 5.74) is 7.82. The van der Waals surface area contributed by atoms with Crippen LogP contribution in [0.2, 0.25) is 0 Å². The van der Waals surface area contributed by atoms with Gasteiger partial charge in [0.1, 0.15) is 5.75 Å². The minimum Gasteiger partial charge on any atom is -0.482 e. The van der Waals surface area contributed by atoms with Crippen LogP contribution >= 0.6 is 11.3 Å². The molecule has 1 aromatic heterocycles. The fourth-order valence-electron chi connectivity index (χ4n) is 3.36. The molecule has 1 aliphatic carbocycles. The van der Waals surface area contributed by atoms with Crippen LogP contribution in [0.15, 0.2) is 18.2 Å². The number of aryl methyl sites for hydroxylation is 1. The summed E-state index contributed by atoms with van der Waals surface area (Å²) in [6.45, 7) is 3.22. The van der Waals surface area contributed by atoms with Gasteiger partial charge in [-0.15, -0.1) is 11.3 Å². The lowest BCUT2D eigenvalue weighted by atomic mass is 10.00. The third-order valence-corrected chi connectivity index (χ3v) is 5.46. The summed E-state index contributed by atoms with van der Waals surface area (Å²) < 4.78 is 5.42. The first-order valence-corrected chi connectivity index (χ1v) is 9.56. The highest BCUT2D eigenvalue weighted by Crippen LogP contribution is 2.43. The Labute approximate surface area is 156 Å². The molecule has 0 bridgehead atoms. The molecule has 0 saturated heterocycles. The van der Waals surface area contributed by atoms with E-state index in [-0.39, 0.29) is 12.5 Å². The lowest BCUT2D eigenvalue weighted by Crippen LogP contribution is -2.20. The number of rotatable bonds is 6. The Morgan fingerprint density at radius 2 is 2.08 bits per heavy atom. The number of amides is 2. The second-order valence-corrected chi connectivity index (χ2v) is 7.78. The summed E-state index contributed by atoms with van der Waals surface area (Å²) in [5.74, 6) is 0.156. The Morgan fingerprint density at radius 1 is 1.35 bits per heavy atom. The number of carbonyl (C=O) groups is 2. The number of hydrogen-bond donors (Lipinski definition) is 2. The molecule has 1 heterocycles. The van der Waals surface area contributed by atoms with Gasteiger partial charge >= 0.3 is 0 Å². The minimum absolute atomic E-state index is 0.206. The largest absolute Gasteiger partial charge is 0.482 e. The lowest BCUT2D eigenvalue weighted by Gasteiger charge is -2.14. The lowest BCUT2D eigenvalue weighted by molar-refractivity contribution is -0.120. The first-order chi connectivity index (χ1) is 12.4. The molecule has 2 aromatic rings. The van der Waals surface area contributed by atoms with E-state index in [4.69, 9.17) is 15.5 Å². The van der Waals surface area contributed by atoms with Gasteiger partial charge in [-0.25, -0.2) is 4.98 Å². The highest BCUT2D eigenvalue weighted by atomic mass is 32.1. The fraction of sp³-hybridized carbons (Fsp3) is 0.421. The second kappa shape index (κ2) is 7.86. The number of carbonyl (C=O) groups excluding carboxylic acids is 2. The van der Waals surface area contributed by atoms with Crippen LogP contribution in [0.1, 0.15) is 49.2 Å². The van der Waals surface area contributed by atoms with E-state index < -0.39 is 5.91 Å². The molecule has 3 N–H and O–H groups in total. The van der Waals surface area contributed by atoms with Crippen molar-refractivity contribution < 1.29 is 14.3 Å². The van der Waals surface area contributed by atoms with Gasteiger partial charge in [0.25, 0.3) is 5.91 Å². The molecule has 0 aliphatic heterocycles. The van der Waals surface area contributed by atoms with E-state index in [0.29, 0.717) is 17.4 Å². The predicted octanol–water partition coefficient (Wildman–Crippen LogP) is 3.60. The van der Waals surface area contributed by atoms with Gasteiger partial charge in [-0.05, 0) is 43.5 Å². The maximum atomic E-state index is 11.6. The number of nitrogens with two attached hydrogens (primary N) is 1. The normalized spacial score (nSPS) is 14.4. The third kappa shape index (κ3) is 4.22. The summed E-state index contributed by atoms with van der Waals surface area (Å²) in [4.78, 5) is 28.5. The smallest absolute Gasteiger partial charge is 0.255 e. The standard InChI is InChI=1S/C19H23N3O3S/c1-11(23)21-15-9-14(7-8-16(15)25-10-17(20)24)19-18(22-12(2)26-19)13-5-3-4-6-13/h7-9,13H,3-6,10H2,1-2H3,(H2,20,24)(H,21,23). The number of primary amides is 1. The van der Waals surface area contributed by atoms with Gasteiger partial charge in [0.2, 0.25) is 5.91 Å². The molecular formula is C19H23N3O3S. The molecule has 1 fully saturated rings. The topological polar surface area (TPSA) is 94.3 Å². The zero-order valence-corrected chi connectivity index (χ0v) is 15.8. The highest BCUT2D eigenvalue weighted by molar-refractivity contribution is 7.15. The summed E-state index contributed by atoms with van der Waals surface area (Å²) in [5, 5.41) is 3.81. The van der Waals surface area contributed by atoms with Crippen molar-refractivity contribution >= 4 is 28.8 Å². The third-order valence-electron chi connectivity index (χ3n) is 4.42. The van der Waals surface area contributed by atoms with Gasteiger partial charge in [-0.3, -0.25) is 9.59 Å². The second-order valence-electron chi connectivity index (χ2n) is 6.58. The molecule has 2 amide bonds. The van der Waals surface area contributed by atoms with Crippen molar-refractivity contribution in [2.45, 2.75) is 45.4 Å². The molecule has 0 spiro atoms. The monoisotopic (exact) mass is 373 g/mol. The Bertz CT molecular complexity index is 825. The molecule has 0 atom stereocenters. The Morgan fingerprint density at radius 3 is 2.73 bits per heavy atom. The molecule has 0 unspecified atom stereocenters. The van der Waals surface area contributed by atoms with Gasteiger partial charge < -0.3 is 15.8 Å². The average Bonchev–Trinajstić information content (AvgIpc) is 3.22. The minimum atomic E-state index is -0.565. The average molecular weight is 373 g/mol. The van der Waals surface area contributed by atoms with Gasteiger partial charge in [0, 0.05) is 12.8 Å². The number of aromatic nitrogens is 1. The number of ether oxygens (including phenoxy) is 1. The number of nitrogens with one attached hydrogen (secondary N) is 1. The molecular weight excluding hydrogens is 350 g/mol. The van der Waals surface area contributed by atoms with Crippen molar-refractivity contribution in [2.75, 3.05) is 11.9 Å². The fourth-order valence-corrected chi connectivity index (χ4v) is 4.36. The van der Waals surface area contributed by atoms with Crippen LogP contribution < -0.4 is 15.8 Å². The Balaban J connectivity index is 1.97. The first-order valence-electron chi connectivity index (χ1n) is 8.74. The molecule has 3 rings (SSSR count). The molecule has 1 aliphatic rings. The summed E-state index contributed by atoms with van der Waals surface area (Å²) in [6.07, 6.45) is 4.85. The van der Waals surface area contributed by atoms with Crippen LogP contribution in [0.3, 0.4) is 0 Å². The van der Waals surface area contributed by atoms with Crippen molar-refractivity contribution in [3.63, 3.8) is 0 Å². The van der Waals surface area contributed by atoms with Crippen molar-refractivity contribution in [3.8, 4) is 16.2 Å². The highest BCUT2D eigenvalue weighted by Gasteiger charge is 2.24. The van der Waals surface area contributed by atoms with E-state index in [0.717, 1.165) is 21.1 Å². The van der Waals surface area contributed by atoms with Gasteiger partial charge in [-0.2, -0.15) is 0 Å². The molecule has 0 radical (unpaired) electrons. The summed E-state index contributed by atoms with van der Waals surface area (Å²) in [7, 11) is 0. The van der Waals surface area contributed by atoms with Crippen molar-refractivity contribution in [1.82, 2.24) is 4.98 Å². The number of benzene rings is 1. The molecule has 6 nitrogen and oxygen atoms in total. The van der Waals surface area contributed by atoms with E-state index in [1.807, 2.05) is 19.1 Å². The van der Waals surface area contributed by atoms with Crippen molar-refractivity contribution in [3.05, 3.63) is 28.9 Å². The number of anilines is 1. The summed E-state index contributed by atoms with van der Waals surface area (Å²) in [6, 6.07) is 5.58. The predicted molar refractivity (Wildman–Crippen MR) is 102 cm³/mol. The maximum absolute atomic E-state index is 11.6. The zero-order chi connectivity index (χ0) is 18.7.